The van der Waals surface area contributed by atoms with Crippen LogP contribution in [-0.2, 0) is 66.0 Å². The van der Waals surface area contributed by atoms with Gasteiger partial charge in [0.15, 0.2) is 0 Å². The van der Waals surface area contributed by atoms with Gasteiger partial charge in [-0.05, 0) is 53.6 Å². The van der Waals surface area contributed by atoms with E-state index in [1.54, 1.807) is 30.5 Å². The zero-order valence-corrected chi connectivity index (χ0v) is 36.8. The van der Waals surface area contributed by atoms with Gasteiger partial charge < -0.3 is 45.8 Å². The molecule has 0 saturated carbocycles. The van der Waals surface area contributed by atoms with E-state index < -0.39 is 59.8 Å². The molecule has 64 heavy (non-hydrogen) atoms. The minimum absolute atomic E-state index is 0.00576. The maximum atomic E-state index is 14.4. The van der Waals surface area contributed by atoms with E-state index in [0.717, 1.165) is 16.7 Å². The molecule has 5 atom stereocenters. The molecule has 1 aromatic heterocycles. The van der Waals surface area contributed by atoms with E-state index in [1.807, 2.05) is 105 Å². The van der Waals surface area contributed by atoms with Crippen molar-refractivity contribution in [2.24, 2.45) is 11.7 Å². The molecule has 4 aromatic carbocycles. The van der Waals surface area contributed by atoms with Crippen molar-refractivity contribution in [3.63, 3.8) is 0 Å². The zero-order chi connectivity index (χ0) is 45.8. The molecule has 0 fully saturated rings. The summed E-state index contributed by atoms with van der Waals surface area (Å²) in [6.45, 7) is 5.74. The predicted molar refractivity (Wildman–Crippen MR) is 241 cm³/mol. The number of nitrogens with zero attached hydrogens (tertiary/aromatic N) is 2. The zero-order valence-electron chi connectivity index (χ0n) is 36.8. The molecule has 0 aliphatic carbocycles. The van der Waals surface area contributed by atoms with E-state index in [1.165, 1.54) is 25.3 Å². The van der Waals surface area contributed by atoms with Gasteiger partial charge in [0.2, 0.25) is 23.6 Å². The van der Waals surface area contributed by atoms with Gasteiger partial charge in [-0.3, -0.25) is 19.2 Å². The van der Waals surface area contributed by atoms with Crippen LogP contribution in [0.1, 0.15) is 55.1 Å². The van der Waals surface area contributed by atoms with Crippen LogP contribution < -0.4 is 26.4 Å². The second-order valence-electron chi connectivity index (χ2n) is 16.0. The summed E-state index contributed by atoms with van der Waals surface area (Å²) in [5.41, 5.74) is 10.2. The molecule has 5 aromatic rings. The molecule has 1 heterocycles. The molecule has 0 aliphatic rings. The Balaban J connectivity index is 1.39. The number of benzene rings is 4. The minimum atomic E-state index is -1.27. The van der Waals surface area contributed by atoms with Crippen LogP contribution in [0, 0.1) is 5.92 Å². The summed E-state index contributed by atoms with van der Waals surface area (Å²) in [5.74, 6) is -2.49. The molecule has 6 N–H and O–H groups in total. The Kier molecular flexibility index (Phi) is 18.6. The summed E-state index contributed by atoms with van der Waals surface area (Å²) >= 11 is 0. The summed E-state index contributed by atoms with van der Waals surface area (Å²) < 4.78 is 17.1. The predicted octanol–water partition coefficient (Wildman–Crippen LogP) is 4.41. The lowest BCUT2D eigenvalue weighted by Crippen LogP contribution is -2.59. The molecule has 0 unspecified atom stereocenters. The van der Waals surface area contributed by atoms with Crippen LogP contribution in [0.4, 0.5) is 0 Å². The Morgan fingerprint density at radius 1 is 0.688 bits per heavy atom. The summed E-state index contributed by atoms with van der Waals surface area (Å²) in [6.07, 6.45) is 3.47. The van der Waals surface area contributed by atoms with E-state index >= 15 is 0 Å². The third-order valence-electron chi connectivity index (χ3n) is 10.4. The number of methoxy groups -OCH3 is 1. The number of ether oxygens (including phenoxy) is 3. The van der Waals surface area contributed by atoms with E-state index in [2.05, 4.69) is 25.9 Å². The van der Waals surface area contributed by atoms with E-state index in [0.29, 0.717) is 30.0 Å². The number of imidazole rings is 1. The van der Waals surface area contributed by atoms with Gasteiger partial charge in [0.25, 0.3) is 0 Å². The van der Waals surface area contributed by atoms with Crippen LogP contribution in [-0.4, -0.2) is 88.4 Å². The number of hydrogen-bond acceptors (Lipinski definition) is 10. The highest BCUT2D eigenvalue weighted by molar-refractivity contribution is 5.95. The Bertz CT molecular complexity index is 2210. The number of rotatable bonds is 24. The molecule has 15 heteroatoms. The normalized spacial score (nSPS) is 13.4. The average molecular weight is 874 g/mol. The van der Waals surface area contributed by atoms with Crippen molar-refractivity contribution in [3.05, 3.63) is 156 Å². The Hall–Kier alpha value is -6.84. The van der Waals surface area contributed by atoms with Crippen LogP contribution in [0.2, 0.25) is 0 Å². The highest BCUT2D eigenvalue weighted by atomic mass is 16.5. The number of esters is 1. The number of aromatic nitrogens is 2. The van der Waals surface area contributed by atoms with Gasteiger partial charge in [-0.1, -0.05) is 117 Å². The molecule has 0 saturated heterocycles. The van der Waals surface area contributed by atoms with Crippen molar-refractivity contribution in [3.8, 4) is 5.75 Å². The molecule has 4 amide bonds. The third-order valence-corrected chi connectivity index (χ3v) is 10.4. The number of aromatic amines is 1. The third kappa shape index (κ3) is 15.2. The lowest BCUT2D eigenvalue weighted by molar-refractivity contribution is -0.155. The molecule has 5 rings (SSSR count). The first-order valence-electron chi connectivity index (χ1n) is 21.3. The van der Waals surface area contributed by atoms with Crippen molar-refractivity contribution in [1.29, 1.82) is 0 Å². The quantitative estimate of drug-likeness (QED) is 0.0553. The lowest BCUT2D eigenvalue weighted by atomic mass is 10.0. The van der Waals surface area contributed by atoms with Crippen LogP contribution in [0.25, 0.3) is 0 Å². The number of hydrogen-bond donors (Lipinski definition) is 5. The van der Waals surface area contributed by atoms with Gasteiger partial charge in [-0.25, -0.2) is 9.78 Å². The van der Waals surface area contributed by atoms with Crippen molar-refractivity contribution in [2.75, 3.05) is 13.7 Å². The number of nitrogens with two attached hydrogens (primary N) is 1. The summed E-state index contributed by atoms with van der Waals surface area (Å²) in [4.78, 5) is 78.1. The first kappa shape index (κ1) is 48.2. The highest BCUT2D eigenvalue weighted by Crippen LogP contribution is 2.20. The van der Waals surface area contributed by atoms with Crippen LogP contribution in [0.5, 0.6) is 5.75 Å². The van der Waals surface area contributed by atoms with Gasteiger partial charge >= 0.3 is 5.97 Å². The van der Waals surface area contributed by atoms with Gasteiger partial charge in [-0.2, -0.15) is 0 Å². The van der Waals surface area contributed by atoms with E-state index in [4.69, 9.17) is 19.9 Å². The number of carbonyl (C=O) groups is 5. The SMILES string of the molecule is COC(=O)[C@H](CC(C)C)N(Cc1ccccc1)C(=O)[C@@H](C)NC(=O)[C@H](Cc1ccc(OCc2ccccc2)cc1)NC(=O)[C@H](COCc1ccccc1)NC(=O)[C@@H](N)Cc1cnc[nH]1. The van der Waals surface area contributed by atoms with E-state index in [9.17, 15) is 24.0 Å². The Morgan fingerprint density at radius 2 is 1.27 bits per heavy atom. The molecular weight excluding hydrogens is 815 g/mol. The average Bonchev–Trinajstić information content (AvgIpc) is 3.82. The van der Waals surface area contributed by atoms with Crippen LogP contribution >= 0.6 is 0 Å². The molecular formula is C49H59N7O8. The van der Waals surface area contributed by atoms with Crippen molar-refractivity contribution in [1.82, 2.24) is 30.8 Å². The van der Waals surface area contributed by atoms with Gasteiger partial charge in [0.1, 0.15) is 36.5 Å². The summed E-state index contributed by atoms with van der Waals surface area (Å²) in [5, 5.41) is 8.34. The maximum Gasteiger partial charge on any atom is 0.328 e. The van der Waals surface area contributed by atoms with Gasteiger partial charge in [-0.15, -0.1) is 0 Å². The number of amides is 4. The standard InChI is InChI=1S/C49H59N7O8/c1-33(2)24-44(49(61)62-4)56(28-36-14-8-5-9-15-36)48(60)34(3)53-46(58)42(25-35-20-22-40(23-21-35)64-30-38-18-12-7-13-19-38)54-47(59)43(31-63-29-37-16-10-6-11-17-37)55-45(57)41(50)26-39-27-51-32-52-39/h5-23,27,32-34,41-44H,24-26,28-31,50H2,1-4H3,(H,51,52)(H,53,58)(H,54,59)(H,55,57)/t34-,41+,42+,43+,44+/m1/s1. The van der Waals surface area contributed by atoms with Crippen LogP contribution in [0.3, 0.4) is 0 Å². The van der Waals surface area contributed by atoms with Gasteiger partial charge in [0, 0.05) is 31.3 Å². The van der Waals surface area contributed by atoms with Crippen LogP contribution in [0.15, 0.2) is 128 Å². The molecule has 0 bridgehead atoms. The first-order valence-corrected chi connectivity index (χ1v) is 21.3. The second-order valence-corrected chi connectivity index (χ2v) is 16.0. The lowest BCUT2D eigenvalue weighted by Gasteiger charge is -2.33. The first-order chi connectivity index (χ1) is 30.9. The van der Waals surface area contributed by atoms with Crippen molar-refractivity contribution >= 4 is 29.6 Å². The molecule has 0 radical (unpaired) electrons. The van der Waals surface area contributed by atoms with E-state index in [-0.39, 0.29) is 38.5 Å². The highest BCUT2D eigenvalue weighted by Gasteiger charge is 2.36. The Morgan fingerprint density at radius 3 is 1.84 bits per heavy atom. The van der Waals surface area contributed by atoms with Crippen molar-refractivity contribution < 1.29 is 38.2 Å². The number of carbonyl (C=O) groups excluding carboxylic acids is 5. The van der Waals surface area contributed by atoms with Crippen molar-refractivity contribution in [2.45, 2.75) is 90.0 Å². The maximum absolute atomic E-state index is 14.4. The fourth-order valence-corrected chi connectivity index (χ4v) is 6.92. The molecule has 15 nitrogen and oxygen atoms in total. The monoisotopic (exact) mass is 873 g/mol. The Labute approximate surface area is 374 Å². The largest absolute Gasteiger partial charge is 0.489 e. The summed E-state index contributed by atoms with van der Waals surface area (Å²) in [6, 6.07) is 29.7. The second kappa shape index (κ2) is 24.7. The smallest absolute Gasteiger partial charge is 0.328 e. The number of H-pyrrole nitrogens is 1. The minimum Gasteiger partial charge on any atom is -0.489 e. The molecule has 0 aliphatic heterocycles. The fraction of sp³-hybridized carbons (Fsp3) is 0.347. The van der Waals surface area contributed by atoms with Gasteiger partial charge in [0.05, 0.1) is 32.7 Å². The summed E-state index contributed by atoms with van der Waals surface area (Å²) in [7, 11) is 1.27. The topological polar surface area (TPSA) is 207 Å². The fourth-order valence-electron chi connectivity index (χ4n) is 6.92. The molecule has 338 valence electrons. The molecule has 0 spiro atoms. The number of nitrogens with one attached hydrogen (secondary N) is 4.